The number of allylic oxidation sites excluding steroid dienone is 1. The van der Waals surface area contributed by atoms with Crippen molar-refractivity contribution in [1.29, 1.82) is 0 Å². The lowest BCUT2D eigenvalue weighted by molar-refractivity contribution is -0.149. The molecule has 11 nitrogen and oxygen atoms in total. The first-order chi connectivity index (χ1) is 16.8. The highest BCUT2D eigenvalue weighted by atomic mass is 16.6. The Hall–Kier alpha value is -2.66. The molecule has 1 saturated heterocycles. The van der Waals surface area contributed by atoms with Crippen molar-refractivity contribution in [3.05, 3.63) is 12.2 Å². The molecule has 2 amide bonds. The average Bonchev–Trinajstić information content (AvgIpc) is 3.26. The molecule has 0 aromatic rings. The maximum atomic E-state index is 13.1. The molecule has 0 unspecified atom stereocenters. The zero-order valence-corrected chi connectivity index (χ0v) is 21.7. The molecule has 0 radical (unpaired) electrons. The van der Waals surface area contributed by atoms with Crippen LogP contribution in [0.1, 0.15) is 72.6 Å². The van der Waals surface area contributed by atoms with Gasteiger partial charge in [0, 0.05) is 18.9 Å². The largest absolute Gasteiger partial charge is 0.480 e. The highest BCUT2D eigenvalue weighted by Gasteiger charge is 2.56. The van der Waals surface area contributed by atoms with E-state index in [-0.39, 0.29) is 24.9 Å². The number of hydrogen-bond donors (Lipinski definition) is 4. The smallest absolute Gasteiger partial charge is 0.408 e. The van der Waals surface area contributed by atoms with Crippen molar-refractivity contribution in [3.8, 4) is 0 Å². The first kappa shape index (κ1) is 29.6. The molecular formula is C25H41N3O8. The van der Waals surface area contributed by atoms with Crippen molar-refractivity contribution in [1.82, 2.24) is 10.2 Å². The normalized spacial score (nSPS) is 26.5. The molecule has 0 bridgehead atoms. The Labute approximate surface area is 212 Å². The summed E-state index contributed by atoms with van der Waals surface area (Å²) in [5, 5.41) is 21.9. The minimum absolute atomic E-state index is 0.0189. The number of carbonyl (C=O) groups excluding carboxylic acids is 3. The van der Waals surface area contributed by atoms with Crippen LogP contribution in [0.3, 0.4) is 0 Å². The van der Waals surface area contributed by atoms with E-state index in [1.165, 1.54) is 0 Å². The number of amides is 2. The molecule has 0 aromatic carbocycles. The Bertz CT molecular complexity index is 840. The number of rotatable bonds is 12. The van der Waals surface area contributed by atoms with Gasteiger partial charge in [-0.25, -0.2) is 9.59 Å². The number of hydrogen-bond acceptors (Lipinski definition) is 8. The maximum Gasteiger partial charge on any atom is 0.408 e. The molecular weight excluding hydrogens is 470 g/mol. The summed E-state index contributed by atoms with van der Waals surface area (Å²) in [5.74, 6) is -2.13. The summed E-state index contributed by atoms with van der Waals surface area (Å²) in [5.41, 5.74) is 4.38. The molecule has 5 N–H and O–H groups in total. The minimum atomic E-state index is -1.19. The van der Waals surface area contributed by atoms with E-state index in [1.807, 2.05) is 12.2 Å². The molecule has 1 heterocycles. The van der Waals surface area contributed by atoms with Gasteiger partial charge >= 0.3 is 18.0 Å². The van der Waals surface area contributed by atoms with E-state index in [1.54, 1.807) is 27.7 Å². The van der Waals surface area contributed by atoms with Gasteiger partial charge in [0.15, 0.2) is 0 Å². The van der Waals surface area contributed by atoms with Crippen molar-refractivity contribution in [2.45, 2.75) is 102 Å². The van der Waals surface area contributed by atoms with E-state index in [9.17, 15) is 29.4 Å². The van der Waals surface area contributed by atoms with Crippen LogP contribution in [0.4, 0.5) is 4.79 Å². The van der Waals surface area contributed by atoms with Crippen molar-refractivity contribution in [3.63, 3.8) is 0 Å². The molecule has 2 fully saturated rings. The van der Waals surface area contributed by atoms with Crippen molar-refractivity contribution < 1.29 is 38.9 Å². The summed E-state index contributed by atoms with van der Waals surface area (Å²) in [6, 6.07) is -2.09. The number of carbonyl (C=O) groups is 4. The SMILES string of the molecule is CCOC(=O)[C@@]1(N)C[C@H]1/C=C\CCCCC[C@H](NC(=O)OC(C)(C)C)C(=O)N1C[C@H](O)C[C@H]1C(=O)O. The molecule has 5 atom stereocenters. The maximum absolute atomic E-state index is 13.1. The van der Waals surface area contributed by atoms with Crippen molar-refractivity contribution in [2.24, 2.45) is 11.7 Å². The molecule has 0 aromatic heterocycles. The zero-order valence-electron chi connectivity index (χ0n) is 21.7. The van der Waals surface area contributed by atoms with Crippen LogP contribution in [-0.2, 0) is 23.9 Å². The zero-order chi connectivity index (χ0) is 27.1. The molecule has 1 aliphatic heterocycles. The van der Waals surface area contributed by atoms with E-state index in [4.69, 9.17) is 15.2 Å². The Kier molecular flexibility index (Phi) is 10.3. The Balaban J connectivity index is 1.86. The van der Waals surface area contributed by atoms with Crippen molar-refractivity contribution in [2.75, 3.05) is 13.2 Å². The number of aliphatic carboxylic acids is 1. The van der Waals surface area contributed by atoms with Crippen LogP contribution in [0.25, 0.3) is 0 Å². The fourth-order valence-corrected chi connectivity index (χ4v) is 4.29. The van der Waals surface area contributed by atoms with Gasteiger partial charge in [-0.2, -0.15) is 0 Å². The number of esters is 1. The summed E-state index contributed by atoms with van der Waals surface area (Å²) in [6.07, 6.45) is 6.06. The van der Waals surface area contributed by atoms with E-state index in [0.29, 0.717) is 25.9 Å². The first-order valence-corrected chi connectivity index (χ1v) is 12.6. The van der Waals surface area contributed by atoms with Crippen LogP contribution < -0.4 is 11.1 Å². The number of carboxylic acids is 1. The predicted molar refractivity (Wildman–Crippen MR) is 131 cm³/mol. The summed E-state index contributed by atoms with van der Waals surface area (Å²) in [7, 11) is 0. The van der Waals surface area contributed by atoms with Gasteiger partial charge in [0.1, 0.15) is 23.2 Å². The number of alkyl carbamates (subject to hydrolysis) is 1. The number of nitrogens with zero attached hydrogens (tertiary/aromatic N) is 1. The number of carboxylic acid groups (broad SMARTS) is 1. The van der Waals surface area contributed by atoms with Gasteiger partial charge in [0.05, 0.1) is 12.7 Å². The number of ether oxygens (including phenoxy) is 2. The molecule has 1 saturated carbocycles. The Morgan fingerprint density at radius 2 is 1.92 bits per heavy atom. The lowest BCUT2D eigenvalue weighted by Crippen LogP contribution is -2.52. The molecule has 0 spiro atoms. The van der Waals surface area contributed by atoms with Gasteiger partial charge in [-0.15, -0.1) is 0 Å². The number of likely N-dealkylation sites (tertiary alicyclic amines) is 1. The van der Waals surface area contributed by atoms with Gasteiger partial charge in [-0.1, -0.05) is 25.0 Å². The summed E-state index contributed by atoms with van der Waals surface area (Å²) >= 11 is 0. The van der Waals surface area contributed by atoms with Crippen LogP contribution >= 0.6 is 0 Å². The summed E-state index contributed by atoms with van der Waals surface area (Å²) < 4.78 is 10.3. The van der Waals surface area contributed by atoms with Crippen LogP contribution in [0.15, 0.2) is 12.2 Å². The third kappa shape index (κ3) is 8.48. The van der Waals surface area contributed by atoms with Gasteiger partial charge in [0.25, 0.3) is 0 Å². The topological polar surface area (TPSA) is 168 Å². The average molecular weight is 512 g/mol. The van der Waals surface area contributed by atoms with E-state index in [2.05, 4.69) is 5.32 Å². The van der Waals surface area contributed by atoms with Crippen LogP contribution in [0, 0.1) is 5.92 Å². The first-order valence-electron chi connectivity index (χ1n) is 12.6. The molecule has 204 valence electrons. The third-order valence-electron chi connectivity index (χ3n) is 6.28. The van der Waals surface area contributed by atoms with E-state index < -0.39 is 47.3 Å². The predicted octanol–water partition coefficient (Wildman–Crippen LogP) is 1.71. The Morgan fingerprint density at radius 3 is 2.53 bits per heavy atom. The van der Waals surface area contributed by atoms with E-state index >= 15 is 0 Å². The number of aliphatic hydroxyl groups excluding tert-OH is 1. The fraction of sp³-hybridized carbons (Fsp3) is 0.760. The van der Waals surface area contributed by atoms with Crippen LogP contribution in [-0.4, -0.2) is 81.5 Å². The van der Waals surface area contributed by atoms with Gasteiger partial charge in [-0.3, -0.25) is 9.59 Å². The third-order valence-corrected chi connectivity index (χ3v) is 6.28. The monoisotopic (exact) mass is 511 g/mol. The highest BCUT2D eigenvalue weighted by molar-refractivity contribution is 5.90. The molecule has 1 aliphatic carbocycles. The van der Waals surface area contributed by atoms with Gasteiger partial charge in [0.2, 0.25) is 5.91 Å². The van der Waals surface area contributed by atoms with Crippen LogP contribution in [0.5, 0.6) is 0 Å². The van der Waals surface area contributed by atoms with E-state index in [0.717, 1.165) is 24.2 Å². The highest BCUT2D eigenvalue weighted by Crippen LogP contribution is 2.43. The lowest BCUT2D eigenvalue weighted by atomic mass is 10.0. The molecule has 2 aliphatic rings. The minimum Gasteiger partial charge on any atom is -0.480 e. The number of nitrogens with two attached hydrogens (primary N) is 1. The number of nitrogens with one attached hydrogen (secondary N) is 1. The van der Waals surface area contributed by atoms with Gasteiger partial charge in [-0.05, 0) is 53.4 Å². The second kappa shape index (κ2) is 12.5. The van der Waals surface area contributed by atoms with Crippen LogP contribution in [0.2, 0.25) is 0 Å². The number of β-amino-alcohol motifs (C(OH)–C–C–N with tert-alkyl or cyclic N) is 1. The lowest BCUT2D eigenvalue weighted by Gasteiger charge is -2.28. The standard InChI is InChI=1S/C25H41N3O8/c1-5-35-22(33)25(26)14-16(25)11-9-7-6-8-10-12-18(27-23(34)36-24(2,3)4)20(30)28-15-17(29)13-19(28)21(31)32/h9,11,16-19,29H,5-8,10,12-15,26H2,1-4H3,(H,27,34)(H,31,32)/b11-9-/t16-,17-,18+,19+,25-/m1/s1. The van der Waals surface area contributed by atoms with Crippen molar-refractivity contribution >= 4 is 23.9 Å². The summed E-state index contributed by atoms with van der Waals surface area (Å²) in [6.45, 7) is 7.07. The fourth-order valence-electron chi connectivity index (χ4n) is 4.29. The molecule has 11 heteroatoms. The second-order valence-electron chi connectivity index (χ2n) is 10.6. The summed E-state index contributed by atoms with van der Waals surface area (Å²) in [4.78, 5) is 50.0. The van der Waals surface area contributed by atoms with Gasteiger partial charge < -0.3 is 35.6 Å². The quantitative estimate of drug-likeness (QED) is 0.173. The second-order valence-corrected chi connectivity index (χ2v) is 10.6. The Morgan fingerprint density at radius 1 is 1.22 bits per heavy atom. The number of unbranched alkanes of at least 4 members (excludes halogenated alkanes) is 3. The molecule has 36 heavy (non-hydrogen) atoms. The molecule has 2 rings (SSSR count). The number of aliphatic hydroxyl groups is 1.